The highest BCUT2D eigenvalue weighted by Crippen LogP contribution is 2.35. The molecular formula is C14H19NO2. The van der Waals surface area contributed by atoms with Crippen LogP contribution in [0, 0.1) is 6.92 Å². The fourth-order valence-electron chi connectivity index (χ4n) is 2.43. The normalized spacial score (nSPS) is 21.8. The smallest absolute Gasteiger partial charge is 0.327 e. The van der Waals surface area contributed by atoms with E-state index in [-0.39, 0.29) is 17.4 Å². The van der Waals surface area contributed by atoms with Crippen LogP contribution < -0.4 is 5.32 Å². The lowest BCUT2D eigenvalue weighted by atomic mass is 9.76. The minimum Gasteiger partial charge on any atom is -0.468 e. The summed E-state index contributed by atoms with van der Waals surface area (Å²) in [7, 11) is 1.43. The molecule has 1 unspecified atom stereocenters. The Morgan fingerprint density at radius 2 is 2.18 bits per heavy atom. The van der Waals surface area contributed by atoms with Crippen molar-refractivity contribution >= 4 is 5.97 Å². The summed E-state index contributed by atoms with van der Waals surface area (Å²) in [6.07, 6.45) is 0. The highest BCUT2D eigenvalue weighted by molar-refractivity contribution is 5.79. The van der Waals surface area contributed by atoms with Gasteiger partial charge in [0.25, 0.3) is 0 Å². The molecule has 0 saturated carbocycles. The van der Waals surface area contributed by atoms with Gasteiger partial charge in [0.15, 0.2) is 0 Å². The summed E-state index contributed by atoms with van der Waals surface area (Å²) < 4.78 is 4.85. The second kappa shape index (κ2) is 4.15. The first-order chi connectivity index (χ1) is 7.95. The number of hydrogen-bond acceptors (Lipinski definition) is 3. The summed E-state index contributed by atoms with van der Waals surface area (Å²) in [4.78, 5) is 11.8. The predicted octanol–water partition coefficient (Wildman–Crippen LogP) is 2.09. The molecule has 1 atom stereocenters. The van der Waals surface area contributed by atoms with Crippen molar-refractivity contribution in [2.45, 2.75) is 32.2 Å². The summed E-state index contributed by atoms with van der Waals surface area (Å²) in [5, 5.41) is 3.27. The summed E-state index contributed by atoms with van der Waals surface area (Å²) >= 11 is 0. The summed E-state index contributed by atoms with van der Waals surface area (Å²) in [5.74, 6) is -0.215. The molecule has 3 nitrogen and oxygen atoms in total. The van der Waals surface area contributed by atoms with Crippen LogP contribution in [-0.4, -0.2) is 19.6 Å². The van der Waals surface area contributed by atoms with Crippen LogP contribution in [0.2, 0.25) is 0 Å². The van der Waals surface area contributed by atoms with Crippen molar-refractivity contribution in [3.05, 3.63) is 34.9 Å². The molecular weight excluding hydrogens is 214 g/mol. The van der Waals surface area contributed by atoms with Crippen LogP contribution >= 0.6 is 0 Å². The van der Waals surface area contributed by atoms with E-state index >= 15 is 0 Å². The van der Waals surface area contributed by atoms with Gasteiger partial charge in [0, 0.05) is 12.0 Å². The molecule has 17 heavy (non-hydrogen) atoms. The summed E-state index contributed by atoms with van der Waals surface area (Å²) in [5.41, 5.74) is 3.50. The third kappa shape index (κ3) is 2.07. The van der Waals surface area contributed by atoms with Crippen LogP contribution in [0.15, 0.2) is 18.2 Å². The zero-order valence-corrected chi connectivity index (χ0v) is 10.8. The number of nitrogens with one attached hydrogen (secondary N) is 1. The Kier molecular flexibility index (Phi) is 2.96. The number of ether oxygens (including phenoxy) is 1. The maximum atomic E-state index is 11.8. The average Bonchev–Trinajstić information content (AvgIpc) is 2.27. The van der Waals surface area contributed by atoms with E-state index < -0.39 is 0 Å². The van der Waals surface area contributed by atoms with Gasteiger partial charge in [-0.1, -0.05) is 37.6 Å². The fraction of sp³-hybridized carbons (Fsp3) is 0.500. The van der Waals surface area contributed by atoms with Crippen molar-refractivity contribution in [2.75, 3.05) is 13.7 Å². The van der Waals surface area contributed by atoms with Crippen LogP contribution in [0.3, 0.4) is 0 Å². The average molecular weight is 233 g/mol. The van der Waals surface area contributed by atoms with E-state index in [2.05, 4.69) is 37.4 Å². The van der Waals surface area contributed by atoms with Crippen molar-refractivity contribution in [3.63, 3.8) is 0 Å². The van der Waals surface area contributed by atoms with Gasteiger partial charge in [-0.25, -0.2) is 4.79 Å². The van der Waals surface area contributed by atoms with Crippen molar-refractivity contribution < 1.29 is 9.53 Å². The molecule has 2 rings (SSSR count). The SMILES string of the molecule is COC(=O)C1NCC(C)(C)c2ccc(C)cc21. The number of fused-ring (bicyclic) bond motifs is 1. The molecule has 1 aliphatic rings. The molecule has 92 valence electrons. The molecule has 0 spiro atoms. The van der Waals surface area contributed by atoms with Crippen LogP contribution in [0.4, 0.5) is 0 Å². The van der Waals surface area contributed by atoms with Crippen LogP contribution in [0.25, 0.3) is 0 Å². The molecule has 1 heterocycles. The van der Waals surface area contributed by atoms with E-state index in [1.54, 1.807) is 0 Å². The van der Waals surface area contributed by atoms with Crippen LogP contribution in [0.1, 0.15) is 36.6 Å². The first-order valence-corrected chi connectivity index (χ1v) is 5.88. The summed E-state index contributed by atoms with van der Waals surface area (Å²) in [6, 6.07) is 5.97. The van der Waals surface area contributed by atoms with Crippen molar-refractivity contribution in [3.8, 4) is 0 Å². The Morgan fingerprint density at radius 1 is 1.47 bits per heavy atom. The first-order valence-electron chi connectivity index (χ1n) is 5.88. The number of aryl methyl sites for hydroxylation is 1. The molecule has 0 saturated heterocycles. The largest absolute Gasteiger partial charge is 0.468 e. The Bertz CT molecular complexity index is 452. The van der Waals surface area contributed by atoms with Gasteiger partial charge in [-0.2, -0.15) is 0 Å². The van der Waals surface area contributed by atoms with E-state index in [0.29, 0.717) is 0 Å². The van der Waals surface area contributed by atoms with E-state index in [9.17, 15) is 4.79 Å². The molecule has 0 fully saturated rings. The third-order valence-electron chi connectivity index (χ3n) is 3.43. The molecule has 1 aromatic rings. The number of benzene rings is 1. The van der Waals surface area contributed by atoms with Gasteiger partial charge < -0.3 is 4.74 Å². The van der Waals surface area contributed by atoms with Gasteiger partial charge in [0.05, 0.1) is 7.11 Å². The Morgan fingerprint density at radius 3 is 2.82 bits per heavy atom. The molecule has 0 radical (unpaired) electrons. The second-order valence-corrected chi connectivity index (χ2v) is 5.31. The minimum atomic E-state index is -0.331. The Labute approximate surface area is 102 Å². The topological polar surface area (TPSA) is 38.3 Å². The van der Waals surface area contributed by atoms with E-state index in [1.165, 1.54) is 12.7 Å². The van der Waals surface area contributed by atoms with Gasteiger partial charge in [-0.3, -0.25) is 5.32 Å². The standard InChI is InChI=1S/C14H19NO2/c1-9-5-6-11-10(7-9)12(13(16)17-4)15-8-14(11,2)3/h5-7,12,15H,8H2,1-4H3. The van der Waals surface area contributed by atoms with E-state index in [0.717, 1.165) is 17.7 Å². The summed E-state index contributed by atoms with van der Waals surface area (Å²) in [6.45, 7) is 7.18. The lowest BCUT2D eigenvalue weighted by Crippen LogP contribution is -2.44. The lowest BCUT2D eigenvalue weighted by molar-refractivity contribution is -0.143. The van der Waals surface area contributed by atoms with Gasteiger partial charge in [0.2, 0.25) is 0 Å². The zero-order chi connectivity index (χ0) is 12.6. The Hall–Kier alpha value is -1.35. The molecule has 0 bridgehead atoms. The van der Waals surface area contributed by atoms with Crippen molar-refractivity contribution in [1.29, 1.82) is 0 Å². The first kappa shape index (κ1) is 12.1. The predicted molar refractivity (Wildman–Crippen MR) is 67.0 cm³/mol. The number of esters is 1. The monoisotopic (exact) mass is 233 g/mol. The molecule has 0 aromatic heterocycles. The van der Waals surface area contributed by atoms with Gasteiger partial charge >= 0.3 is 5.97 Å². The van der Waals surface area contributed by atoms with E-state index in [1.807, 2.05) is 6.92 Å². The van der Waals surface area contributed by atoms with Crippen molar-refractivity contribution in [2.24, 2.45) is 0 Å². The number of hydrogen-bond donors (Lipinski definition) is 1. The fourth-order valence-corrected chi connectivity index (χ4v) is 2.43. The van der Waals surface area contributed by atoms with Crippen LogP contribution in [0.5, 0.6) is 0 Å². The van der Waals surface area contributed by atoms with E-state index in [4.69, 9.17) is 4.74 Å². The molecule has 1 aliphatic heterocycles. The molecule has 0 amide bonds. The Balaban J connectivity index is 2.53. The number of methoxy groups -OCH3 is 1. The zero-order valence-electron chi connectivity index (χ0n) is 10.8. The molecule has 1 N–H and O–H groups in total. The maximum absolute atomic E-state index is 11.8. The number of carbonyl (C=O) groups excluding carboxylic acids is 1. The van der Waals surface area contributed by atoms with Crippen LogP contribution in [-0.2, 0) is 14.9 Å². The highest BCUT2D eigenvalue weighted by atomic mass is 16.5. The minimum absolute atomic E-state index is 0.0492. The van der Waals surface area contributed by atoms with Gasteiger partial charge in [-0.15, -0.1) is 0 Å². The van der Waals surface area contributed by atoms with Gasteiger partial charge in [0.1, 0.15) is 6.04 Å². The number of carbonyl (C=O) groups is 1. The van der Waals surface area contributed by atoms with Crippen molar-refractivity contribution in [1.82, 2.24) is 5.32 Å². The van der Waals surface area contributed by atoms with Gasteiger partial charge in [-0.05, 0) is 18.1 Å². The quantitative estimate of drug-likeness (QED) is 0.755. The maximum Gasteiger partial charge on any atom is 0.327 e. The third-order valence-corrected chi connectivity index (χ3v) is 3.43. The highest BCUT2D eigenvalue weighted by Gasteiger charge is 2.35. The second-order valence-electron chi connectivity index (χ2n) is 5.31. The lowest BCUT2D eigenvalue weighted by Gasteiger charge is -2.37. The molecule has 1 aromatic carbocycles. The molecule has 0 aliphatic carbocycles. The molecule has 3 heteroatoms. The number of rotatable bonds is 1.